The van der Waals surface area contributed by atoms with E-state index in [0.717, 1.165) is 18.6 Å². The van der Waals surface area contributed by atoms with E-state index in [1.54, 1.807) is 0 Å². The third-order valence-electron chi connectivity index (χ3n) is 3.97. The second-order valence-corrected chi connectivity index (χ2v) is 5.97. The molecule has 2 nitrogen and oxygen atoms in total. The number of nitrogens with zero attached hydrogens (tertiary/aromatic N) is 1. The molecule has 1 N–H and O–H groups in total. The molecule has 0 saturated heterocycles. The molecule has 3 heteroatoms. The fourth-order valence-electron chi connectivity index (χ4n) is 2.83. The van der Waals surface area contributed by atoms with Gasteiger partial charge in [0.05, 0.1) is 0 Å². The minimum absolute atomic E-state index is 0.756. The summed E-state index contributed by atoms with van der Waals surface area (Å²) in [7, 11) is 2.09. The van der Waals surface area contributed by atoms with Crippen LogP contribution in [0.1, 0.15) is 37.5 Å². The normalized spacial score (nSPS) is 25.4. The van der Waals surface area contributed by atoms with Crippen molar-refractivity contribution in [2.24, 2.45) is 0 Å². The van der Waals surface area contributed by atoms with Gasteiger partial charge in [-0.2, -0.15) is 0 Å². The molecular weight excluding hydrogens is 228 g/mol. The summed E-state index contributed by atoms with van der Waals surface area (Å²) in [6, 6.07) is 5.97. The minimum Gasteiger partial charge on any atom is -0.317 e. The largest absolute Gasteiger partial charge is 0.317 e. The molecule has 1 aromatic rings. The maximum Gasteiger partial charge on any atom is 0.0330 e. The first-order chi connectivity index (χ1) is 8.33. The van der Waals surface area contributed by atoms with E-state index in [9.17, 15) is 0 Å². The van der Waals surface area contributed by atoms with Crippen molar-refractivity contribution < 1.29 is 0 Å². The van der Waals surface area contributed by atoms with Crippen molar-refractivity contribution >= 4 is 11.3 Å². The molecule has 2 rings (SSSR count). The molecule has 1 heterocycles. The average molecular weight is 252 g/mol. The smallest absolute Gasteiger partial charge is 0.0330 e. The first-order valence-corrected chi connectivity index (χ1v) is 7.65. The van der Waals surface area contributed by atoms with Gasteiger partial charge < -0.3 is 5.32 Å². The van der Waals surface area contributed by atoms with Gasteiger partial charge in [-0.3, -0.25) is 4.90 Å². The van der Waals surface area contributed by atoms with Crippen LogP contribution < -0.4 is 5.32 Å². The number of thiophene rings is 1. The fraction of sp³-hybridized carbons (Fsp3) is 0.714. The van der Waals surface area contributed by atoms with Crippen molar-refractivity contribution in [3.05, 3.63) is 22.4 Å². The SMILES string of the molecule is CCN(Cc1cccs1)C1CCC(NC)CC1. The van der Waals surface area contributed by atoms with Gasteiger partial charge in [-0.15, -0.1) is 11.3 Å². The summed E-state index contributed by atoms with van der Waals surface area (Å²) in [6.45, 7) is 4.60. The summed E-state index contributed by atoms with van der Waals surface area (Å²) < 4.78 is 0. The van der Waals surface area contributed by atoms with E-state index in [2.05, 4.69) is 41.7 Å². The van der Waals surface area contributed by atoms with E-state index in [1.165, 1.54) is 37.1 Å². The Bertz CT molecular complexity index is 302. The van der Waals surface area contributed by atoms with E-state index < -0.39 is 0 Å². The quantitative estimate of drug-likeness (QED) is 0.866. The maximum absolute atomic E-state index is 3.41. The highest BCUT2D eigenvalue weighted by atomic mass is 32.1. The van der Waals surface area contributed by atoms with E-state index >= 15 is 0 Å². The highest BCUT2D eigenvalue weighted by Crippen LogP contribution is 2.25. The summed E-state index contributed by atoms with van der Waals surface area (Å²) in [5.74, 6) is 0. The molecule has 0 bridgehead atoms. The molecule has 1 aromatic heterocycles. The summed E-state index contributed by atoms with van der Waals surface area (Å²) in [4.78, 5) is 4.15. The lowest BCUT2D eigenvalue weighted by molar-refractivity contribution is 0.145. The van der Waals surface area contributed by atoms with E-state index in [1.807, 2.05) is 11.3 Å². The third-order valence-corrected chi connectivity index (χ3v) is 4.83. The summed E-state index contributed by atoms with van der Waals surface area (Å²) in [5.41, 5.74) is 0. The summed E-state index contributed by atoms with van der Waals surface area (Å²) in [6.07, 6.45) is 5.37. The molecule has 1 aliphatic rings. The molecule has 96 valence electrons. The Kier molecular flexibility index (Phi) is 5.01. The van der Waals surface area contributed by atoms with Crippen LogP contribution in [0.25, 0.3) is 0 Å². The highest BCUT2D eigenvalue weighted by Gasteiger charge is 2.24. The van der Waals surface area contributed by atoms with Crippen molar-refractivity contribution in [1.82, 2.24) is 10.2 Å². The van der Waals surface area contributed by atoms with Crippen molar-refractivity contribution in [2.45, 2.75) is 51.2 Å². The monoisotopic (exact) mass is 252 g/mol. The molecule has 17 heavy (non-hydrogen) atoms. The lowest BCUT2D eigenvalue weighted by atomic mass is 9.90. The minimum atomic E-state index is 0.756. The average Bonchev–Trinajstić information content (AvgIpc) is 2.89. The second-order valence-electron chi connectivity index (χ2n) is 4.94. The zero-order valence-corrected chi connectivity index (χ0v) is 11.8. The Morgan fingerprint density at radius 2 is 2.12 bits per heavy atom. The molecule has 0 spiro atoms. The van der Waals surface area contributed by atoms with Crippen LogP contribution in [0.15, 0.2) is 17.5 Å². The van der Waals surface area contributed by atoms with Gasteiger partial charge in [0.15, 0.2) is 0 Å². The molecule has 0 aromatic carbocycles. The Balaban J connectivity index is 1.86. The molecule has 0 aliphatic heterocycles. The van der Waals surface area contributed by atoms with Gasteiger partial charge in [0.1, 0.15) is 0 Å². The maximum atomic E-state index is 3.41. The van der Waals surface area contributed by atoms with Crippen molar-refractivity contribution in [3.8, 4) is 0 Å². The van der Waals surface area contributed by atoms with Gasteiger partial charge >= 0.3 is 0 Å². The Labute approximate surface area is 109 Å². The van der Waals surface area contributed by atoms with Gasteiger partial charge in [-0.05, 0) is 50.7 Å². The molecule has 0 amide bonds. The van der Waals surface area contributed by atoms with Crippen LogP contribution in [0.2, 0.25) is 0 Å². The fourth-order valence-corrected chi connectivity index (χ4v) is 3.56. The van der Waals surface area contributed by atoms with E-state index in [4.69, 9.17) is 0 Å². The standard InChI is InChI=1S/C14H24N2S/c1-3-16(11-14-5-4-10-17-14)13-8-6-12(15-2)7-9-13/h4-5,10,12-13,15H,3,6-9,11H2,1-2H3. The molecular formula is C14H24N2S. The van der Waals surface area contributed by atoms with Crippen LogP contribution in [-0.4, -0.2) is 30.6 Å². The first-order valence-electron chi connectivity index (χ1n) is 6.77. The predicted molar refractivity (Wildman–Crippen MR) is 75.5 cm³/mol. The van der Waals surface area contributed by atoms with Gasteiger partial charge in [0.2, 0.25) is 0 Å². The third kappa shape index (κ3) is 3.54. The van der Waals surface area contributed by atoms with E-state index in [0.29, 0.717) is 0 Å². The number of nitrogens with one attached hydrogen (secondary N) is 1. The summed E-state index contributed by atoms with van der Waals surface area (Å²) >= 11 is 1.88. The van der Waals surface area contributed by atoms with Gasteiger partial charge in [0, 0.05) is 23.5 Å². The Morgan fingerprint density at radius 3 is 2.65 bits per heavy atom. The topological polar surface area (TPSA) is 15.3 Å². The van der Waals surface area contributed by atoms with Gasteiger partial charge in [-0.1, -0.05) is 13.0 Å². The van der Waals surface area contributed by atoms with E-state index in [-0.39, 0.29) is 0 Å². The van der Waals surface area contributed by atoms with Gasteiger partial charge in [-0.25, -0.2) is 0 Å². The molecule has 0 unspecified atom stereocenters. The van der Waals surface area contributed by atoms with Crippen molar-refractivity contribution in [1.29, 1.82) is 0 Å². The Hall–Kier alpha value is -0.380. The predicted octanol–water partition coefficient (Wildman–Crippen LogP) is 3.10. The van der Waals surface area contributed by atoms with Crippen molar-refractivity contribution in [2.75, 3.05) is 13.6 Å². The van der Waals surface area contributed by atoms with Crippen LogP contribution in [0.4, 0.5) is 0 Å². The molecule has 1 aliphatic carbocycles. The first kappa shape index (κ1) is 13.1. The van der Waals surface area contributed by atoms with Crippen LogP contribution in [0.3, 0.4) is 0 Å². The molecule has 0 atom stereocenters. The number of rotatable bonds is 5. The summed E-state index contributed by atoms with van der Waals surface area (Å²) in [5, 5.41) is 5.59. The zero-order chi connectivity index (χ0) is 12.1. The molecule has 1 fully saturated rings. The van der Waals surface area contributed by atoms with Gasteiger partial charge in [0.25, 0.3) is 0 Å². The molecule has 0 radical (unpaired) electrons. The van der Waals surface area contributed by atoms with Crippen LogP contribution in [-0.2, 0) is 6.54 Å². The van der Waals surface area contributed by atoms with Crippen LogP contribution in [0, 0.1) is 0 Å². The van der Waals surface area contributed by atoms with Crippen LogP contribution >= 0.6 is 11.3 Å². The molecule has 1 saturated carbocycles. The lowest BCUT2D eigenvalue weighted by Gasteiger charge is -2.36. The van der Waals surface area contributed by atoms with Crippen LogP contribution in [0.5, 0.6) is 0 Å². The highest BCUT2D eigenvalue weighted by molar-refractivity contribution is 7.09. The number of hydrogen-bond donors (Lipinski definition) is 1. The second kappa shape index (κ2) is 6.53. The lowest BCUT2D eigenvalue weighted by Crippen LogP contribution is -2.41. The number of hydrogen-bond acceptors (Lipinski definition) is 3. The Morgan fingerprint density at radius 1 is 1.35 bits per heavy atom. The zero-order valence-electron chi connectivity index (χ0n) is 11.0. The van der Waals surface area contributed by atoms with Crippen molar-refractivity contribution in [3.63, 3.8) is 0 Å².